The topological polar surface area (TPSA) is 121 Å². The SMILES string of the molecule is O=C(OCC1CO1)c1ccc(N=Cc2ccc(OCCCCCOc3ccc(C=Nc4ccc(C(=O)OCC5CO5)cc4)cc3)cc2)cc1. The molecule has 0 aromatic heterocycles. The molecular weight excluding hydrogens is 624 g/mol. The maximum atomic E-state index is 12.0. The highest BCUT2D eigenvalue weighted by Crippen LogP contribution is 2.19. The molecule has 2 saturated heterocycles. The van der Waals surface area contributed by atoms with Crippen LogP contribution < -0.4 is 9.47 Å². The lowest BCUT2D eigenvalue weighted by atomic mass is 10.2. The third-order valence-electron chi connectivity index (χ3n) is 7.62. The number of carbonyl (C=O) groups excluding carboxylic acids is 2. The van der Waals surface area contributed by atoms with Crippen LogP contribution in [0.4, 0.5) is 11.4 Å². The van der Waals surface area contributed by atoms with Gasteiger partial charge in [-0.15, -0.1) is 0 Å². The van der Waals surface area contributed by atoms with Crippen LogP contribution in [0.3, 0.4) is 0 Å². The van der Waals surface area contributed by atoms with Crippen LogP contribution in [0.25, 0.3) is 0 Å². The summed E-state index contributed by atoms with van der Waals surface area (Å²) in [6, 6.07) is 29.5. The molecule has 2 fully saturated rings. The van der Waals surface area contributed by atoms with Crippen LogP contribution in [0, 0.1) is 0 Å². The second-order valence-corrected chi connectivity index (χ2v) is 11.6. The summed E-state index contributed by atoms with van der Waals surface area (Å²) in [4.78, 5) is 33.1. The lowest BCUT2D eigenvalue weighted by Crippen LogP contribution is -2.09. The fourth-order valence-electron chi connectivity index (χ4n) is 4.56. The Morgan fingerprint density at radius 3 is 1.33 bits per heavy atom. The first kappa shape index (κ1) is 33.6. The lowest BCUT2D eigenvalue weighted by molar-refractivity contribution is 0.0468. The molecule has 0 radical (unpaired) electrons. The summed E-state index contributed by atoms with van der Waals surface area (Å²) >= 11 is 0. The van der Waals surface area contributed by atoms with E-state index < -0.39 is 0 Å². The summed E-state index contributed by atoms with van der Waals surface area (Å²) in [5.74, 6) is 0.910. The number of esters is 2. The third kappa shape index (κ3) is 11.4. The highest BCUT2D eigenvalue weighted by atomic mass is 16.6. The average molecular weight is 663 g/mol. The van der Waals surface area contributed by atoms with E-state index in [1.807, 2.05) is 48.5 Å². The number of hydrogen-bond acceptors (Lipinski definition) is 10. The van der Waals surface area contributed by atoms with Gasteiger partial charge in [0.05, 0.1) is 48.9 Å². The lowest BCUT2D eigenvalue weighted by Gasteiger charge is -2.08. The van der Waals surface area contributed by atoms with E-state index in [2.05, 4.69) is 9.98 Å². The number of carbonyl (C=O) groups is 2. The van der Waals surface area contributed by atoms with Crippen LogP contribution in [0.2, 0.25) is 0 Å². The number of benzene rings is 4. The molecular formula is C39H38N2O8. The fourth-order valence-corrected chi connectivity index (χ4v) is 4.56. The van der Waals surface area contributed by atoms with Crippen molar-refractivity contribution in [1.82, 2.24) is 0 Å². The molecule has 0 spiro atoms. The molecule has 0 N–H and O–H groups in total. The van der Waals surface area contributed by atoms with Crippen molar-refractivity contribution < 1.29 is 38.0 Å². The Bertz CT molecular complexity index is 1580. The number of aliphatic imine (C=N–C) groups is 2. The van der Waals surface area contributed by atoms with Crippen molar-refractivity contribution in [2.24, 2.45) is 9.98 Å². The highest BCUT2D eigenvalue weighted by molar-refractivity contribution is 5.91. The van der Waals surface area contributed by atoms with E-state index in [1.165, 1.54) is 0 Å². The van der Waals surface area contributed by atoms with Gasteiger partial charge in [0.25, 0.3) is 0 Å². The summed E-state index contributed by atoms with van der Waals surface area (Å²) in [6.45, 7) is 3.16. The van der Waals surface area contributed by atoms with Crippen LogP contribution in [-0.2, 0) is 18.9 Å². The van der Waals surface area contributed by atoms with E-state index in [1.54, 1.807) is 61.0 Å². The first-order valence-electron chi connectivity index (χ1n) is 16.4. The molecule has 4 aromatic rings. The van der Waals surface area contributed by atoms with Gasteiger partial charge in [-0.25, -0.2) is 9.59 Å². The van der Waals surface area contributed by atoms with Crippen molar-refractivity contribution in [3.63, 3.8) is 0 Å². The molecule has 2 aliphatic heterocycles. The molecule has 2 heterocycles. The summed E-state index contributed by atoms with van der Waals surface area (Å²) in [5, 5.41) is 0. The van der Waals surface area contributed by atoms with Gasteiger partial charge in [-0.3, -0.25) is 9.98 Å². The molecule has 10 nitrogen and oxygen atoms in total. The number of nitrogens with zero attached hydrogens (tertiary/aromatic N) is 2. The van der Waals surface area contributed by atoms with E-state index in [4.69, 9.17) is 28.4 Å². The second kappa shape index (κ2) is 17.2. The predicted molar refractivity (Wildman–Crippen MR) is 185 cm³/mol. The zero-order valence-corrected chi connectivity index (χ0v) is 27.1. The van der Waals surface area contributed by atoms with Crippen LogP contribution in [0.5, 0.6) is 11.5 Å². The maximum absolute atomic E-state index is 12.0. The zero-order valence-electron chi connectivity index (χ0n) is 27.1. The Kier molecular flexibility index (Phi) is 11.8. The monoisotopic (exact) mass is 662 g/mol. The molecule has 10 heteroatoms. The number of unbranched alkanes of at least 4 members (excludes halogenated alkanes) is 2. The molecule has 2 atom stereocenters. The van der Waals surface area contributed by atoms with Gasteiger partial charge in [0.2, 0.25) is 0 Å². The second-order valence-electron chi connectivity index (χ2n) is 11.6. The summed E-state index contributed by atoms with van der Waals surface area (Å²) < 4.78 is 32.3. The Hall–Kier alpha value is -5.32. The maximum Gasteiger partial charge on any atom is 0.338 e. The normalized spacial score (nSPS) is 16.4. The van der Waals surface area contributed by atoms with E-state index in [0.29, 0.717) is 50.8 Å². The molecule has 2 aliphatic rings. The molecule has 49 heavy (non-hydrogen) atoms. The molecule has 4 aromatic carbocycles. The Balaban J connectivity index is 0.823. The average Bonchev–Trinajstić information content (AvgIpc) is 4.09. The molecule has 0 amide bonds. The van der Waals surface area contributed by atoms with Crippen LogP contribution in [0.1, 0.15) is 51.1 Å². The van der Waals surface area contributed by atoms with Gasteiger partial charge >= 0.3 is 11.9 Å². The Morgan fingerprint density at radius 1 is 0.571 bits per heavy atom. The van der Waals surface area contributed by atoms with E-state index in [0.717, 1.165) is 53.3 Å². The van der Waals surface area contributed by atoms with Crippen molar-refractivity contribution in [2.75, 3.05) is 39.6 Å². The van der Waals surface area contributed by atoms with Gasteiger partial charge in [0, 0.05) is 12.4 Å². The van der Waals surface area contributed by atoms with Crippen molar-refractivity contribution in [3.8, 4) is 11.5 Å². The van der Waals surface area contributed by atoms with Crippen LogP contribution >= 0.6 is 0 Å². The van der Waals surface area contributed by atoms with Gasteiger partial charge in [0.15, 0.2) is 0 Å². The molecule has 2 unspecified atom stereocenters. The Labute approximate surface area is 285 Å². The summed E-state index contributed by atoms with van der Waals surface area (Å²) in [7, 11) is 0. The van der Waals surface area contributed by atoms with Crippen LogP contribution in [-0.4, -0.2) is 76.2 Å². The van der Waals surface area contributed by atoms with E-state index in [-0.39, 0.29) is 24.1 Å². The summed E-state index contributed by atoms with van der Waals surface area (Å²) in [5.41, 5.74) is 4.37. The minimum atomic E-state index is -0.358. The number of rotatable bonds is 18. The minimum absolute atomic E-state index is 0.0487. The molecule has 0 saturated carbocycles. The van der Waals surface area contributed by atoms with Crippen molar-refractivity contribution in [3.05, 3.63) is 119 Å². The van der Waals surface area contributed by atoms with E-state index >= 15 is 0 Å². The number of hydrogen-bond donors (Lipinski definition) is 0. The zero-order chi connectivity index (χ0) is 33.7. The van der Waals surface area contributed by atoms with Gasteiger partial charge in [-0.1, -0.05) is 0 Å². The largest absolute Gasteiger partial charge is 0.494 e. The summed E-state index contributed by atoms with van der Waals surface area (Å²) in [6.07, 6.45) is 6.50. The number of ether oxygens (including phenoxy) is 6. The smallest absolute Gasteiger partial charge is 0.338 e. The van der Waals surface area contributed by atoms with Gasteiger partial charge < -0.3 is 28.4 Å². The standard InChI is InChI=1S/C39H38N2O8/c42-38(48-26-36-24-46-36)30-8-12-32(13-9-30)40-22-28-4-16-34(17-5-28)44-20-2-1-3-21-45-35-18-6-29(7-19-35)23-41-33-14-10-31(11-15-33)39(43)49-27-37-25-47-37/h4-19,22-23,36-37H,1-3,20-21,24-27H2. The first-order valence-corrected chi connectivity index (χ1v) is 16.4. The van der Waals surface area contributed by atoms with Crippen LogP contribution in [0.15, 0.2) is 107 Å². The fraction of sp³-hybridized carbons (Fsp3) is 0.282. The third-order valence-corrected chi connectivity index (χ3v) is 7.62. The van der Waals surface area contributed by atoms with Gasteiger partial charge in [-0.05, 0) is 127 Å². The van der Waals surface area contributed by atoms with Gasteiger partial charge in [-0.2, -0.15) is 0 Å². The molecule has 0 bridgehead atoms. The molecule has 252 valence electrons. The minimum Gasteiger partial charge on any atom is -0.494 e. The van der Waals surface area contributed by atoms with Crippen molar-refractivity contribution >= 4 is 35.7 Å². The molecule has 0 aliphatic carbocycles. The first-order chi connectivity index (χ1) is 24.1. The predicted octanol–water partition coefficient (Wildman–Crippen LogP) is 6.93. The highest BCUT2D eigenvalue weighted by Gasteiger charge is 2.25. The Morgan fingerprint density at radius 2 is 0.959 bits per heavy atom. The quantitative estimate of drug-likeness (QED) is 0.0487. The van der Waals surface area contributed by atoms with Crippen molar-refractivity contribution in [1.29, 1.82) is 0 Å². The van der Waals surface area contributed by atoms with Crippen molar-refractivity contribution in [2.45, 2.75) is 31.5 Å². The number of epoxide rings is 2. The molecule has 6 rings (SSSR count). The van der Waals surface area contributed by atoms with E-state index in [9.17, 15) is 9.59 Å². The van der Waals surface area contributed by atoms with Gasteiger partial charge in [0.1, 0.15) is 36.9 Å².